The van der Waals surface area contributed by atoms with Gasteiger partial charge in [-0.1, -0.05) is 18.2 Å². The fraction of sp³-hybridized carbons (Fsp3) is 0.333. The van der Waals surface area contributed by atoms with Gasteiger partial charge in [-0.05, 0) is 62.2 Å². The van der Waals surface area contributed by atoms with E-state index in [1.165, 1.54) is 40.7 Å². The Labute approximate surface area is 184 Å². The molecule has 0 spiro atoms. The van der Waals surface area contributed by atoms with Crippen LogP contribution in [0.1, 0.15) is 26.2 Å². The monoisotopic (exact) mass is 463 g/mol. The number of thioether (sulfide) groups is 1. The summed E-state index contributed by atoms with van der Waals surface area (Å²) in [6.45, 7) is 2.76. The molecular weight excluding hydrogens is 441 g/mol. The lowest BCUT2D eigenvalue weighted by Crippen LogP contribution is -2.35. The lowest BCUT2D eigenvalue weighted by molar-refractivity contribution is -0.115. The number of fused-ring (bicyclic) bond motifs is 1. The summed E-state index contributed by atoms with van der Waals surface area (Å²) in [7, 11) is -3.56. The molecular formula is C21H22FN3O4S2. The van der Waals surface area contributed by atoms with Crippen LogP contribution < -0.4 is 5.32 Å². The van der Waals surface area contributed by atoms with E-state index in [1.54, 1.807) is 13.0 Å². The van der Waals surface area contributed by atoms with Crippen molar-refractivity contribution in [3.63, 3.8) is 0 Å². The maximum absolute atomic E-state index is 13.0. The van der Waals surface area contributed by atoms with E-state index in [2.05, 4.69) is 10.3 Å². The first kappa shape index (κ1) is 21.8. The number of amides is 1. The summed E-state index contributed by atoms with van der Waals surface area (Å²) in [5.41, 5.74) is 1.36. The smallest absolute Gasteiger partial charge is 0.257 e. The van der Waals surface area contributed by atoms with Crippen molar-refractivity contribution in [2.75, 3.05) is 18.4 Å². The summed E-state index contributed by atoms with van der Waals surface area (Å²) in [6, 6.07) is 10.1. The topological polar surface area (TPSA) is 92.5 Å². The Kier molecular flexibility index (Phi) is 6.31. The van der Waals surface area contributed by atoms with E-state index in [1.807, 2.05) is 0 Å². The Morgan fingerprint density at radius 1 is 1.16 bits per heavy atom. The Morgan fingerprint density at radius 2 is 1.87 bits per heavy atom. The first-order valence-electron chi connectivity index (χ1n) is 9.97. The number of anilines is 1. The molecule has 1 aromatic heterocycles. The van der Waals surface area contributed by atoms with Crippen molar-refractivity contribution in [2.45, 2.75) is 41.6 Å². The van der Waals surface area contributed by atoms with Gasteiger partial charge in [0.25, 0.3) is 5.22 Å². The number of sulfonamides is 1. The molecule has 3 aromatic rings. The number of hydrogen-bond acceptors (Lipinski definition) is 6. The summed E-state index contributed by atoms with van der Waals surface area (Å²) in [6.07, 6.45) is 2.77. The molecule has 164 valence electrons. The van der Waals surface area contributed by atoms with Crippen LogP contribution in [0.25, 0.3) is 11.1 Å². The Morgan fingerprint density at radius 3 is 2.58 bits per heavy atom. The number of hydrogen-bond donors (Lipinski definition) is 1. The Balaban J connectivity index is 1.47. The molecule has 10 heteroatoms. The van der Waals surface area contributed by atoms with Crippen LogP contribution in [0.5, 0.6) is 0 Å². The van der Waals surface area contributed by atoms with Crippen molar-refractivity contribution >= 4 is 44.5 Å². The molecule has 4 rings (SSSR count). The Bertz CT molecular complexity index is 1190. The number of benzene rings is 2. The van der Waals surface area contributed by atoms with Gasteiger partial charge in [0, 0.05) is 18.8 Å². The zero-order valence-electron chi connectivity index (χ0n) is 16.9. The maximum Gasteiger partial charge on any atom is 0.257 e. The van der Waals surface area contributed by atoms with Crippen LogP contribution in [0, 0.1) is 5.82 Å². The minimum absolute atomic E-state index is 0.189. The molecule has 2 aromatic carbocycles. The maximum atomic E-state index is 13.0. The van der Waals surface area contributed by atoms with Crippen LogP contribution in [0.2, 0.25) is 0 Å². The lowest BCUT2D eigenvalue weighted by atomic mass is 10.2. The van der Waals surface area contributed by atoms with Crippen molar-refractivity contribution in [3.05, 3.63) is 48.3 Å². The number of carbonyl (C=O) groups is 1. The molecule has 1 aliphatic rings. The Hall–Kier alpha value is -2.43. The van der Waals surface area contributed by atoms with Crippen molar-refractivity contribution < 1.29 is 22.0 Å². The largest absolute Gasteiger partial charge is 0.431 e. The number of carbonyl (C=O) groups excluding carboxylic acids is 1. The minimum Gasteiger partial charge on any atom is -0.431 e. The molecule has 0 saturated carbocycles. The predicted molar refractivity (Wildman–Crippen MR) is 117 cm³/mol. The number of rotatable bonds is 6. The second-order valence-corrected chi connectivity index (χ2v) is 10.6. The normalized spacial score (nSPS) is 16.3. The van der Waals surface area contributed by atoms with Crippen LogP contribution in [-0.4, -0.2) is 42.0 Å². The SMILES string of the molecule is CC(Sc1nc2cc(S(=O)(=O)N3CCCCC3)ccc2o1)C(=O)Nc1ccc(F)cc1. The molecule has 1 N–H and O–H groups in total. The zero-order chi connectivity index (χ0) is 22.0. The van der Waals surface area contributed by atoms with E-state index in [0.717, 1.165) is 31.0 Å². The van der Waals surface area contributed by atoms with Gasteiger partial charge in [-0.25, -0.2) is 17.8 Å². The summed E-state index contributed by atoms with van der Waals surface area (Å²) in [4.78, 5) is 16.9. The van der Waals surface area contributed by atoms with Gasteiger partial charge in [0.15, 0.2) is 5.58 Å². The molecule has 1 amide bonds. The van der Waals surface area contributed by atoms with Gasteiger partial charge < -0.3 is 9.73 Å². The van der Waals surface area contributed by atoms with Crippen LogP contribution >= 0.6 is 11.8 Å². The first-order valence-corrected chi connectivity index (χ1v) is 12.3. The molecule has 7 nitrogen and oxygen atoms in total. The van der Waals surface area contributed by atoms with Gasteiger partial charge in [0.2, 0.25) is 15.9 Å². The van der Waals surface area contributed by atoms with E-state index < -0.39 is 15.3 Å². The molecule has 1 aliphatic heterocycles. The molecule has 31 heavy (non-hydrogen) atoms. The molecule has 1 atom stereocenters. The molecule has 2 heterocycles. The van der Waals surface area contributed by atoms with Gasteiger partial charge in [-0.3, -0.25) is 4.79 Å². The molecule has 0 aliphatic carbocycles. The summed E-state index contributed by atoms with van der Waals surface area (Å²) >= 11 is 1.12. The van der Waals surface area contributed by atoms with Gasteiger partial charge in [-0.2, -0.15) is 4.31 Å². The summed E-state index contributed by atoms with van der Waals surface area (Å²) in [5.74, 6) is -0.666. The van der Waals surface area contributed by atoms with Gasteiger partial charge in [0.1, 0.15) is 11.3 Å². The quantitative estimate of drug-likeness (QED) is 0.549. The second kappa shape index (κ2) is 8.97. The average Bonchev–Trinajstić information content (AvgIpc) is 3.17. The van der Waals surface area contributed by atoms with E-state index in [-0.39, 0.29) is 21.8 Å². The highest BCUT2D eigenvalue weighted by Gasteiger charge is 2.27. The molecule has 1 saturated heterocycles. The lowest BCUT2D eigenvalue weighted by Gasteiger charge is -2.25. The molecule has 0 bridgehead atoms. The van der Waals surface area contributed by atoms with Crippen LogP contribution in [-0.2, 0) is 14.8 Å². The summed E-state index contributed by atoms with van der Waals surface area (Å²) in [5, 5.41) is 2.44. The number of halogens is 1. The average molecular weight is 464 g/mol. The van der Waals surface area contributed by atoms with Gasteiger partial charge in [0.05, 0.1) is 10.1 Å². The standard InChI is InChI=1S/C21H22FN3O4S2/c1-14(20(26)23-16-7-5-15(22)6-8-16)30-21-24-18-13-17(9-10-19(18)29-21)31(27,28)25-11-3-2-4-12-25/h5-10,13-14H,2-4,11-12H2,1H3,(H,23,26). The number of nitrogens with one attached hydrogen (secondary N) is 1. The highest BCUT2D eigenvalue weighted by molar-refractivity contribution is 8.00. The van der Waals surface area contributed by atoms with E-state index in [4.69, 9.17) is 4.42 Å². The second-order valence-electron chi connectivity index (χ2n) is 7.33. The highest BCUT2D eigenvalue weighted by atomic mass is 32.2. The molecule has 1 unspecified atom stereocenters. The van der Waals surface area contributed by atoms with Crippen LogP contribution in [0.3, 0.4) is 0 Å². The third-order valence-corrected chi connectivity index (χ3v) is 7.89. The van der Waals surface area contributed by atoms with E-state index in [9.17, 15) is 17.6 Å². The summed E-state index contributed by atoms with van der Waals surface area (Å²) < 4.78 is 46.0. The van der Waals surface area contributed by atoms with Gasteiger partial charge in [-0.15, -0.1) is 0 Å². The van der Waals surface area contributed by atoms with Crippen molar-refractivity contribution in [2.24, 2.45) is 0 Å². The zero-order valence-corrected chi connectivity index (χ0v) is 18.5. The number of oxazole rings is 1. The number of nitrogens with zero attached hydrogens (tertiary/aromatic N) is 2. The highest BCUT2D eigenvalue weighted by Crippen LogP contribution is 2.30. The van der Waals surface area contributed by atoms with Gasteiger partial charge >= 0.3 is 0 Å². The van der Waals surface area contributed by atoms with Crippen LogP contribution in [0.15, 0.2) is 57.0 Å². The third kappa shape index (κ3) is 4.91. The van der Waals surface area contributed by atoms with Crippen LogP contribution in [0.4, 0.5) is 10.1 Å². The van der Waals surface area contributed by atoms with E-state index in [0.29, 0.717) is 29.9 Å². The fourth-order valence-corrected chi connectivity index (χ4v) is 5.63. The van der Waals surface area contributed by atoms with E-state index >= 15 is 0 Å². The fourth-order valence-electron chi connectivity index (χ4n) is 3.33. The first-order chi connectivity index (χ1) is 14.8. The van der Waals surface area contributed by atoms with Crippen molar-refractivity contribution in [3.8, 4) is 0 Å². The van der Waals surface area contributed by atoms with Crippen molar-refractivity contribution in [1.82, 2.24) is 9.29 Å². The number of piperidine rings is 1. The predicted octanol–water partition coefficient (Wildman–Crippen LogP) is 4.26. The van der Waals surface area contributed by atoms with Crippen molar-refractivity contribution in [1.29, 1.82) is 0 Å². The minimum atomic E-state index is -3.56. The molecule has 0 radical (unpaired) electrons. The third-order valence-electron chi connectivity index (χ3n) is 5.05. The molecule has 1 fully saturated rings. The number of aromatic nitrogens is 1.